The fraction of sp³-hybridized carbons (Fsp3) is 0.190. The normalized spacial score (nSPS) is 15.8. The number of amides is 1. The zero-order valence-corrected chi connectivity index (χ0v) is 15.7. The Labute approximate surface area is 160 Å². The highest BCUT2D eigenvalue weighted by Crippen LogP contribution is 2.49. The Bertz CT molecular complexity index is 1010. The molecule has 0 bridgehead atoms. The molecule has 27 heavy (non-hydrogen) atoms. The van der Waals surface area contributed by atoms with Crippen LogP contribution in [0.15, 0.2) is 47.8 Å². The van der Waals surface area contributed by atoms with E-state index in [1.165, 1.54) is 12.1 Å². The summed E-state index contributed by atoms with van der Waals surface area (Å²) in [5, 5.41) is 4.93. The first kappa shape index (κ1) is 17.5. The van der Waals surface area contributed by atoms with Crippen molar-refractivity contribution < 1.29 is 18.7 Å². The molecule has 0 radical (unpaired) electrons. The third-order valence-electron chi connectivity index (χ3n) is 4.73. The van der Waals surface area contributed by atoms with Crippen LogP contribution in [0.3, 0.4) is 0 Å². The standard InChI is InChI=1S/C21H18FNO3S/c1-25-17-8-4-7-14(20(17)26-2)15-10-18(24)23-19-16(11-27-21(15)19)12-5-3-6-13(22)9-12/h3-9,11,15H,10H2,1-2H3,(H,23,24). The van der Waals surface area contributed by atoms with Crippen molar-refractivity contribution in [3.63, 3.8) is 0 Å². The molecule has 4 nitrogen and oxygen atoms in total. The van der Waals surface area contributed by atoms with Crippen molar-refractivity contribution in [3.05, 3.63) is 64.1 Å². The summed E-state index contributed by atoms with van der Waals surface area (Å²) in [6, 6.07) is 12.1. The Morgan fingerprint density at radius 1 is 1.15 bits per heavy atom. The highest BCUT2D eigenvalue weighted by atomic mass is 32.1. The topological polar surface area (TPSA) is 47.6 Å². The van der Waals surface area contributed by atoms with Gasteiger partial charge in [0.1, 0.15) is 5.82 Å². The average Bonchev–Trinajstić information content (AvgIpc) is 3.10. The molecule has 1 aliphatic rings. The third kappa shape index (κ3) is 3.06. The second-order valence-electron chi connectivity index (χ2n) is 6.29. The molecular weight excluding hydrogens is 365 g/mol. The number of anilines is 1. The van der Waals surface area contributed by atoms with Gasteiger partial charge in [0.15, 0.2) is 11.5 Å². The molecule has 1 aliphatic heterocycles. The zero-order valence-electron chi connectivity index (χ0n) is 14.9. The van der Waals surface area contributed by atoms with Gasteiger partial charge in [-0.2, -0.15) is 0 Å². The number of hydrogen-bond acceptors (Lipinski definition) is 4. The number of nitrogens with one attached hydrogen (secondary N) is 1. The molecule has 0 spiro atoms. The summed E-state index contributed by atoms with van der Waals surface area (Å²) in [4.78, 5) is 13.5. The molecule has 3 aromatic rings. The number of para-hydroxylation sites is 1. The molecule has 1 amide bonds. The number of rotatable bonds is 4. The van der Waals surface area contributed by atoms with Crippen molar-refractivity contribution in [1.82, 2.24) is 0 Å². The number of fused-ring (bicyclic) bond motifs is 1. The molecule has 1 atom stereocenters. The number of benzene rings is 2. The Kier molecular flexibility index (Phi) is 4.58. The number of ether oxygens (including phenoxy) is 2. The minimum atomic E-state index is -0.305. The van der Waals surface area contributed by atoms with Gasteiger partial charge in [0, 0.05) is 33.7 Å². The molecule has 6 heteroatoms. The van der Waals surface area contributed by atoms with Gasteiger partial charge in [-0.05, 0) is 23.8 Å². The lowest BCUT2D eigenvalue weighted by Gasteiger charge is -2.25. The molecule has 0 saturated carbocycles. The van der Waals surface area contributed by atoms with E-state index in [1.54, 1.807) is 31.6 Å². The number of thiophene rings is 1. The van der Waals surface area contributed by atoms with E-state index in [9.17, 15) is 9.18 Å². The van der Waals surface area contributed by atoms with Gasteiger partial charge in [0.25, 0.3) is 0 Å². The lowest BCUT2D eigenvalue weighted by molar-refractivity contribution is -0.116. The van der Waals surface area contributed by atoms with Crippen LogP contribution >= 0.6 is 11.3 Å². The number of halogens is 1. The molecular formula is C21H18FNO3S. The molecule has 1 aromatic heterocycles. The highest BCUT2D eigenvalue weighted by molar-refractivity contribution is 7.11. The van der Waals surface area contributed by atoms with Crippen molar-refractivity contribution >= 4 is 22.9 Å². The van der Waals surface area contributed by atoms with Gasteiger partial charge in [-0.15, -0.1) is 11.3 Å². The van der Waals surface area contributed by atoms with E-state index >= 15 is 0 Å². The number of carbonyl (C=O) groups is 1. The van der Waals surface area contributed by atoms with Crippen LogP contribution in [0.25, 0.3) is 11.1 Å². The highest BCUT2D eigenvalue weighted by Gasteiger charge is 2.32. The Morgan fingerprint density at radius 2 is 1.96 bits per heavy atom. The van der Waals surface area contributed by atoms with E-state index in [0.717, 1.165) is 27.3 Å². The summed E-state index contributed by atoms with van der Waals surface area (Å²) >= 11 is 1.56. The van der Waals surface area contributed by atoms with E-state index in [1.807, 2.05) is 29.6 Å². The van der Waals surface area contributed by atoms with Crippen LogP contribution in [0, 0.1) is 5.82 Å². The lowest BCUT2D eigenvalue weighted by atomic mass is 9.88. The monoisotopic (exact) mass is 383 g/mol. The van der Waals surface area contributed by atoms with Crippen molar-refractivity contribution in [2.75, 3.05) is 19.5 Å². The number of carbonyl (C=O) groups excluding carboxylic acids is 1. The average molecular weight is 383 g/mol. The molecule has 138 valence electrons. The Morgan fingerprint density at radius 3 is 2.70 bits per heavy atom. The van der Waals surface area contributed by atoms with Crippen molar-refractivity contribution in [1.29, 1.82) is 0 Å². The SMILES string of the molecule is COc1cccc(C2CC(=O)Nc3c(-c4cccc(F)c4)csc32)c1OC. The van der Waals surface area contributed by atoms with Crippen LogP contribution in [-0.4, -0.2) is 20.1 Å². The van der Waals surface area contributed by atoms with Crippen molar-refractivity contribution in [3.8, 4) is 22.6 Å². The molecule has 0 aliphatic carbocycles. The van der Waals surface area contributed by atoms with E-state index in [4.69, 9.17) is 9.47 Å². The Hall–Kier alpha value is -2.86. The van der Waals surface area contributed by atoms with Crippen LogP contribution < -0.4 is 14.8 Å². The second kappa shape index (κ2) is 7.04. The van der Waals surface area contributed by atoms with Crippen LogP contribution in [0.2, 0.25) is 0 Å². The van der Waals surface area contributed by atoms with Gasteiger partial charge in [0.05, 0.1) is 19.9 Å². The summed E-state index contributed by atoms with van der Waals surface area (Å²) in [5.74, 6) is 0.732. The molecule has 1 unspecified atom stereocenters. The van der Waals surface area contributed by atoms with Crippen LogP contribution in [0.4, 0.5) is 10.1 Å². The predicted molar refractivity (Wildman–Crippen MR) is 104 cm³/mol. The van der Waals surface area contributed by atoms with Gasteiger partial charge in [0.2, 0.25) is 5.91 Å². The van der Waals surface area contributed by atoms with Gasteiger partial charge in [-0.3, -0.25) is 4.79 Å². The predicted octanol–water partition coefficient (Wildman–Crippen LogP) is 5.05. The third-order valence-corrected chi connectivity index (χ3v) is 5.83. The van der Waals surface area contributed by atoms with E-state index < -0.39 is 0 Å². The van der Waals surface area contributed by atoms with Gasteiger partial charge >= 0.3 is 0 Å². The quantitative estimate of drug-likeness (QED) is 0.686. The van der Waals surface area contributed by atoms with E-state index in [2.05, 4.69) is 5.32 Å². The van der Waals surface area contributed by atoms with Gasteiger partial charge in [-0.1, -0.05) is 24.3 Å². The van der Waals surface area contributed by atoms with E-state index in [0.29, 0.717) is 17.9 Å². The van der Waals surface area contributed by atoms with E-state index in [-0.39, 0.29) is 17.6 Å². The largest absolute Gasteiger partial charge is 0.493 e. The first-order valence-electron chi connectivity index (χ1n) is 8.50. The molecule has 2 aromatic carbocycles. The summed E-state index contributed by atoms with van der Waals surface area (Å²) in [6.45, 7) is 0. The number of methoxy groups -OCH3 is 2. The van der Waals surface area contributed by atoms with Crippen LogP contribution in [0.1, 0.15) is 22.8 Å². The zero-order chi connectivity index (χ0) is 19.0. The van der Waals surface area contributed by atoms with Crippen molar-refractivity contribution in [2.24, 2.45) is 0 Å². The fourth-order valence-electron chi connectivity index (χ4n) is 3.53. The van der Waals surface area contributed by atoms with Crippen LogP contribution in [0.5, 0.6) is 11.5 Å². The van der Waals surface area contributed by atoms with Gasteiger partial charge < -0.3 is 14.8 Å². The van der Waals surface area contributed by atoms with Crippen molar-refractivity contribution in [2.45, 2.75) is 12.3 Å². The first-order valence-corrected chi connectivity index (χ1v) is 9.38. The minimum absolute atomic E-state index is 0.0755. The summed E-state index contributed by atoms with van der Waals surface area (Å²) in [7, 11) is 3.19. The summed E-state index contributed by atoms with van der Waals surface area (Å²) in [5.41, 5.74) is 3.22. The summed E-state index contributed by atoms with van der Waals surface area (Å²) < 4.78 is 24.7. The molecule has 0 fully saturated rings. The fourth-order valence-corrected chi connectivity index (χ4v) is 4.68. The molecule has 4 rings (SSSR count). The van der Waals surface area contributed by atoms with Crippen LogP contribution in [-0.2, 0) is 4.79 Å². The molecule has 1 N–H and O–H groups in total. The van der Waals surface area contributed by atoms with Gasteiger partial charge in [-0.25, -0.2) is 4.39 Å². The smallest absolute Gasteiger partial charge is 0.225 e. The Balaban J connectivity index is 1.85. The minimum Gasteiger partial charge on any atom is -0.493 e. The maximum absolute atomic E-state index is 13.7. The molecule has 2 heterocycles. The second-order valence-corrected chi connectivity index (χ2v) is 7.20. The summed E-state index contributed by atoms with van der Waals surface area (Å²) in [6.07, 6.45) is 0.319. The number of hydrogen-bond donors (Lipinski definition) is 1. The lowest BCUT2D eigenvalue weighted by Crippen LogP contribution is -2.22. The maximum atomic E-state index is 13.7. The maximum Gasteiger partial charge on any atom is 0.225 e. The molecule has 0 saturated heterocycles. The first-order chi connectivity index (χ1) is 13.1.